The first kappa shape index (κ1) is 8.55. The van der Waals surface area contributed by atoms with Crippen LogP contribution in [0.1, 0.15) is 32.6 Å². The molecule has 0 amide bonds. The van der Waals surface area contributed by atoms with Crippen LogP contribution in [0.25, 0.3) is 0 Å². The van der Waals surface area contributed by atoms with Crippen LogP contribution in [0.4, 0.5) is 0 Å². The fourth-order valence-corrected chi connectivity index (χ4v) is 1.78. The maximum Gasteiger partial charge on any atom is 0.0723 e. The van der Waals surface area contributed by atoms with Crippen LogP contribution in [0.15, 0.2) is 0 Å². The maximum atomic E-state index is 9.59. The van der Waals surface area contributed by atoms with E-state index in [4.69, 9.17) is 5.26 Å². The van der Waals surface area contributed by atoms with Crippen LogP contribution in [0.2, 0.25) is 0 Å². The molecule has 0 aromatic heterocycles. The summed E-state index contributed by atoms with van der Waals surface area (Å²) < 4.78 is 0. The molecule has 0 heterocycles. The van der Waals surface area contributed by atoms with E-state index in [1.807, 2.05) is 0 Å². The van der Waals surface area contributed by atoms with E-state index in [1.165, 1.54) is 12.8 Å². The monoisotopic (exact) mass is 153 g/mol. The van der Waals surface area contributed by atoms with Gasteiger partial charge in [0.15, 0.2) is 0 Å². The van der Waals surface area contributed by atoms with Gasteiger partial charge in [-0.3, -0.25) is 0 Å². The third-order valence-electron chi connectivity index (χ3n) is 2.60. The minimum Gasteiger partial charge on any atom is -0.391 e. The van der Waals surface area contributed by atoms with E-state index >= 15 is 0 Å². The summed E-state index contributed by atoms with van der Waals surface area (Å²) in [6.45, 7) is 1.79. The average molecular weight is 153 g/mol. The standard InChI is InChI=1S/C9H15NO/c1-7(6-10)9(11)8-4-2-3-5-8/h7-9,11H,2-5H2,1H3. The van der Waals surface area contributed by atoms with Crippen LogP contribution >= 0.6 is 0 Å². The molecule has 1 aliphatic rings. The summed E-state index contributed by atoms with van der Waals surface area (Å²) in [7, 11) is 0. The lowest BCUT2D eigenvalue weighted by Gasteiger charge is -2.18. The highest BCUT2D eigenvalue weighted by atomic mass is 16.3. The van der Waals surface area contributed by atoms with Crippen molar-refractivity contribution in [3.63, 3.8) is 0 Å². The Morgan fingerprint density at radius 2 is 2.00 bits per heavy atom. The third kappa shape index (κ3) is 1.94. The number of rotatable bonds is 2. The summed E-state index contributed by atoms with van der Waals surface area (Å²) in [5.74, 6) is 0.197. The van der Waals surface area contributed by atoms with Crippen molar-refractivity contribution in [2.45, 2.75) is 38.7 Å². The summed E-state index contributed by atoms with van der Waals surface area (Å²) in [5, 5.41) is 18.2. The van der Waals surface area contributed by atoms with E-state index in [9.17, 15) is 5.11 Å². The lowest BCUT2D eigenvalue weighted by molar-refractivity contribution is 0.0804. The molecule has 0 saturated heterocycles. The van der Waals surface area contributed by atoms with Gasteiger partial charge in [-0.05, 0) is 25.7 Å². The van der Waals surface area contributed by atoms with Crippen molar-refractivity contribution in [1.82, 2.24) is 0 Å². The molecule has 0 aromatic carbocycles. The normalized spacial score (nSPS) is 24.5. The van der Waals surface area contributed by atoms with Gasteiger partial charge in [0.2, 0.25) is 0 Å². The molecule has 2 nitrogen and oxygen atoms in total. The lowest BCUT2D eigenvalue weighted by atomic mass is 9.92. The van der Waals surface area contributed by atoms with Crippen LogP contribution in [-0.4, -0.2) is 11.2 Å². The van der Waals surface area contributed by atoms with E-state index in [-0.39, 0.29) is 12.0 Å². The van der Waals surface area contributed by atoms with Crippen LogP contribution in [0, 0.1) is 23.2 Å². The summed E-state index contributed by atoms with van der Waals surface area (Å²) in [6, 6.07) is 2.09. The number of aliphatic hydroxyl groups is 1. The number of hydrogen-bond donors (Lipinski definition) is 1. The van der Waals surface area contributed by atoms with Gasteiger partial charge in [-0.2, -0.15) is 5.26 Å². The molecule has 1 N–H and O–H groups in total. The zero-order valence-corrected chi connectivity index (χ0v) is 6.95. The van der Waals surface area contributed by atoms with Crippen molar-refractivity contribution in [1.29, 1.82) is 5.26 Å². The number of nitriles is 1. The predicted octanol–water partition coefficient (Wildman–Crippen LogP) is 1.70. The molecule has 1 fully saturated rings. The minimum absolute atomic E-state index is 0.196. The van der Waals surface area contributed by atoms with Gasteiger partial charge in [-0.25, -0.2) is 0 Å². The molecular formula is C9H15NO. The molecule has 2 atom stereocenters. The van der Waals surface area contributed by atoms with Gasteiger partial charge in [-0.15, -0.1) is 0 Å². The molecule has 0 radical (unpaired) electrons. The smallest absolute Gasteiger partial charge is 0.0723 e. The van der Waals surface area contributed by atoms with Crippen molar-refractivity contribution in [2.24, 2.45) is 11.8 Å². The van der Waals surface area contributed by atoms with Gasteiger partial charge in [-0.1, -0.05) is 12.8 Å². The lowest BCUT2D eigenvalue weighted by Crippen LogP contribution is -2.24. The Kier molecular flexibility index (Phi) is 2.90. The van der Waals surface area contributed by atoms with Gasteiger partial charge in [0.25, 0.3) is 0 Å². The molecule has 62 valence electrons. The second kappa shape index (κ2) is 3.73. The van der Waals surface area contributed by atoms with Crippen molar-refractivity contribution >= 4 is 0 Å². The molecule has 2 unspecified atom stereocenters. The molecule has 0 aliphatic heterocycles. The van der Waals surface area contributed by atoms with Crippen LogP contribution < -0.4 is 0 Å². The quantitative estimate of drug-likeness (QED) is 0.656. The predicted molar refractivity (Wildman–Crippen MR) is 42.7 cm³/mol. The summed E-state index contributed by atoms with van der Waals surface area (Å²) >= 11 is 0. The third-order valence-corrected chi connectivity index (χ3v) is 2.60. The van der Waals surface area contributed by atoms with E-state index in [1.54, 1.807) is 6.92 Å². The molecule has 0 bridgehead atoms. The van der Waals surface area contributed by atoms with E-state index in [2.05, 4.69) is 6.07 Å². The Balaban J connectivity index is 2.40. The SMILES string of the molecule is CC(C#N)C(O)C1CCCC1. The first-order valence-corrected chi connectivity index (χ1v) is 4.33. The highest BCUT2D eigenvalue weighted by Crippen LogP contribution is 2.30. The van der Waals surface area contributed by atoms with Gasteiger partial charge in [0, 0.05) is 0 Å². The van der Waals surface area contributed by atoms with Gasteiger partial charge in [0.1, 0.15) is 0 Å². The maximum absolute atomic E-state index is 9.59. The number of hydrogen-bond acceptors (Lipinski definition) is 2. The van der Waals surface area contributed by atoms with Gasteiger partial charge >= 0.3 is 0 Å². The summed E-state index contributed by atoms with van der Waals surface area (Å²) in [5.41, 5.74) is 0. The summed E-state index contributed by atoms with van der Waals surface area (Å²) in [4.78, 5) is 0. The van der Waals surface area contributed by atoms with Crippen molar-refractivity contribution in [2.75, 3.05) is 0 Å². The first-order valence-electron chi connectivity index (χ1n) is 4.33. The molecule has 2 heteroatoms. The number of nitrogens with zero attached hydrogens (tertiary/aromatic N) is 1. The second-order valence-electron chi connectivity index (χ2n) is 3.45. The summed E-state index contributed by atoms with van der Waals surface area (Å²) in [6.07, 6.45) is 4.27. The second-order valence-corrected chi connectivity index (χ2v) is 3.45. The Labute approximate surface area is 67.8 Å². The van der Waals surface area contributed by atoms with Crippen molar-refractivity contribution < 1.29 is 5.11 Å². The van der Waals surface area contributed by atoms with E-state index in [0.717, 1.165) is 12.8 Å². The van der Waals surface area contributed by atoms with Gasteiger partial charge < -0.3 is 5.11 Å². The topological polar surface area (TPSA) is 44.0 Å². The molecule has 1 saturated carbocycles. The van der Waals surface area contributed by atoms with E-state index < -0.39 is 0 Å². The molecule has 0 aromatic rings. The molecular weight excluding hydrogens is 138 g/mol. The van der Waals surface area contributed by atoms with Crippen LogP contribution in [0.5, 0.6) is 0 Å². The van der Waals surface area contributed by atoms with Gasteiger partial charge in [0.05, 0.1) is 18.1 Å². The van der Waals surface area contributed by atoms with E-state index in [0.29, 0.717) is 5.92 Å². The largest absolute Gasteiger partial charge is 0.391 e. The molecule has 1 rings (SSSR count). The Bertz CT molecular complexity index is 155. The Morgan fingerprint density at radius 3 is 2.45 bits per heavy atom. The Morgan fingerprint density at radius 1 is 1.45 bits per heavy atom. The molecule has 0 spiro atoms. The molecule has 11 heavy (non-hydrogen) atoms. The fraction of sp³-hybridized carbons (Fsp3) is 0.889. The average Bonchev–Trinajstić information content (AvgIpc) is 2.53. The minimum atomic E-state index is -0.387. The zero-order chi connectivity index (χ0) is 8.27. The van der Waals surface area contributed by atoms with Crippen LogP contribution in [-0.2, 0) is 0 Å². The highest BCUT2D eigenvalue weighted by molar-refractivity contribution is 4.89. The van der Waals surface area contributed by atoms with Crippen molar-refractivity contribution in [3.8, 4) is 6.07 Å². The van der Waals surface area contributed by atoms with Crippen LogP contribution in [0.3, 0.4) is 0 Å². The Hall–Kier alpha value is -0.550. The highest BCUT2D eigenvalue weighted by Gasteiger charge is 2.26. The first-order chi connectivity index (χ1) is 5.25. The molecule has 1 aliphatic carbocycles. The fourth-order valence-electron chi connectivity index (χ4n) is 1.78. The zero-order valence-electron chi connectivity index (χ0n) is 6.95. The number of aliphatic hydroxyl groups excluding tert-OH is 1. The van der Waals surface area contributed by atoms with Crippen molar-refractivity contribution in [3.05, 3.63) is 0 Å².